The maximum atomic E-state index is 14.4. The Morgan fingerprint density at radius 2 is 1.85 bits per heavy atom. The molecule has 0 unspecified atom stereocenters. The molecular weight excluding hydrogens is 490 g/mol. The van der Waals surface area contributed by atoms with Crippen molar-refractivity contribution in [3.8, 4) is 11.1 Å². The molecule has 6 nitrogen and oxygen atoms in total. The molecule has 171 valence electrons. The van der Waals surface area contributed by atoms with Crippen LogP contribution in [0.2, 0.25) is 0 Å². The number of amides is 1. The van der Waals surface area contributed by atoms with E-state index < -0.39 is 27.3 Å². The molecule has 2 aromatic heterocycles. The second-order valence-corrected chi connectivity index (χ2v) is 11.2. The van der Waals surface area contributed by atoms with E-state index in [4.69, 9.17) is 0 Å². The number of hydrogen-bond donors (Lipinski definition) is 2. The molecule has 0 saturated heterocycles. The monoisotopic (exact) mass is 515 g/mol. The summed E-state index contributed by atoms with van der Waals surface area (Å²) in [4.78, 5) is 16.8. The molecule has 10 heteroatoms. The molecule has 0 saturated carbocycles. The zero-order valence-electron chi connectivity index (χ0n) is 19.2. The fourth-order valence-electron chi connectivity index (χ4n) is 3.33. The van der Waals surface area contributed by atoms with Gasteiger partial charge >= 0.3 is 0 Å². The van der Waals surface area contributed by atoms with Crippen molar-refractivity contribution in [2.75, 3.05) is 0 Å². The van der Waals surface area contributed by atoms with E-state index in [2.05, 4.69) is 9.71 Å². The van der Waals surface area contributed by atoms with Crippen LogP contribution in [-0.2, 0) is 26.8 Å². The molecule has 1 aromatic carbocycles. The van der Waals surface area contributed by atoms with Crippen molar-refractivity contribution in [3.63, 3.8) is 0 Å². The smallest absolute Gasteiger partial charge is 0.273 e. The van der Waals surface area contributed by atoms with Gasteiger partial charge in [0, 0.05) is 63.8 Å². The van der Waals surface area contributed by atoms with Crippen molar-refractivity contribution in [2.24, 2.45) is 0 Å². The van der Waals surface area contributed by atoms with Crippen LogP contribution in [0.1, 0.15) is 50.3 Å². The summed E-state index contributed by atoms with van der Waals surface area (Å²) in [7, 11) is -4.11. The molecule has 2 N–H and O–H groups in total. The van der Waals surface area contributed by atoms with Crippen molar-refractivity contribution in [2.45, 2.75) is 49.8 Å². The molecule has 3 rings (SSSR count). The topological polar surface area (TPSA) is 96.4 Å². The Morgan fingerprint density at radius 3 is 2.39 bits per heavy atom. The second-order valence-electron chi connectivity index (χ2n) is 8.33. The molecule has 0 aliphatic heterocycles. The van der Waals surface area contributed by atoms with Gasteiger partial charge in [-0.25, -0.2) is 17.5 Å². The van der Waals surface area contributed by atoms with Crippen LogP contribution in [0.5, 0.6) is 0 Å². The van der Waals surface area contributed by atoms with Crippen molar-refractivity contribution in [3.05, 3.63) is 70.6 Å². The van der Waals surface area contributed by atoms with Crippen molar-refractivity contribution in [1.29, 1.82) is 0 Å². The number of aromatic nitrogens is 1. The first-order valence-electron chi connectivity index (χ1n) is 9.98. The minimum absolute atomic E-state index is 0. The summed E-state index contributed by atoms with van der Waals surface area (Å²) < 4.78 is 41.8. The number of sulfonamides is 1. The number of carbonyl (C=O) groups excluding carboxylic acids is 1. The third kappa shape index (κ3) is 7.01. The number of rotatable bonds is 7. The van der Waals surface area contributed by atoms with Crippen molar-refractivity contribution >= 4 is 78.7 Å². The van der Waals surface area contributed by atoms with Crippen LogP contribution in [-0.4, -0.2) is 75.8 Å². The first-order chi connectivity index (χ1) is 14.9. The van der Waals surface area contributed by atoms with E-state index in [1.165, 1.54) is 23.6 Å². The average Bonchev–Trinajstić information content (AvgIpc) is 3.21. The predicted molar refractivity (Wildman–Crippen MR) is 128 cm³/mol. The first kappa shape index (κ1) is 28.3. The number of nitrogens with one attached hydrogen (secondary N) is 1. The van der Waals surface area contributed by atoms with E-state index in [1.807, 2.05) is 13.8 Å². The van der Waals surface area contributed by atoms with Crippen LogP contribution in [0, 0.1) is 5.82 Å². The summed E-state index contributed by atoms with van der Waals surface area (Å²) in [6.45, 7) is 6.86. The standard InChI is InChI=1S/C23H25FN2O4S2.K/c1-14(2)18-10-17(24)11-19(15-5-7-25-8-6-15)20(18)12-21(27)26-32(29,30)22-9-16(13-31-22)23(3,4)28;/h5-11,13-14,28H,12H2,1-4H3,(H,26,27);. The number of thiophene rings is 1. The van der Waals surface area contributed by atoms with E-state index >= 15 is 0 Å². The molecule has 1 amide bonds. The van der Waals surface area contributed by atoms with Crippen molar-refractivity contribution in [1.82, 2.24) is 9.71 Å². The van der Waals surface area contributed by atoms with E-state index in [1.54, 1.807) is 38.4 Å². The quantitative estimate of drug-likeness (QED) is 0.464. The number of carbonyl (C=O) groups is 1. The van der Waals surface area contributed by atoms with Gasteiger partial charge in [-0.05, 0) is 83.3 Å². The third-order valence-corrected chi connectivity index (χ3v) is 7.81. The molecule has 0 fully saturated rings. The zero-order chi connectivity index (χ0) is 23.7. The van der Waals surface area contributed by atoms with Crippen LogP contribution in [0.3, 0.4) is 0 Å². The van der Waals surface area contributed by atoms with Crippen LogP contribution >= 0.6 is 11.3 Å². The Bertz CT molecular complexity index is 1240. The molecule has 0 aliphatic carbocycles. The summed E-state index contributed by atoms with van der Waals surface area (Å²) >= 11 is 0.922. The van der Waals surface area contributed by atoms with E-state index in [9.17, 15) is 22.7 Å². The van der Waals surface area contributed by atoms with E-state index in [0.717, 1.165) is 11.3 Å². The summed E-state index contributed by atoms with van der Waals surface area (Å²) in [5.41, 5.74) is 1.63. The number of pyridine rings is 1. The SMILES string of the molecule is CC(C)c1cc(F)cc(-c2ccncc2)c1CC(=O)NS(=O)(=O)c1cc(C(C)(C)O)cs1.[K]. The maximum absolute atomic E-state index is 14.4. The van der Waals surface area contributed by atoms with Gasteiger partial charge in [0.1, 0.15) is 10.0 Å². The Kier molecular flexibility index (Phi) is 9.56. The summed E-state index contributed by atoms with van der Waals surface area (Å²) in [6, 6.07) is 7.48. The van der Waals surface area contributed by atoms with Gasteiger partial charge < -0.3 is 5.11 Å². The Morgan fingerprint density at radius 1 is 1.21 bits per heavy atom. The number of hydrogen-bond acceptors (Lipinski definition) is 6. The second kappa shape index (κ2) is 11.2. The molecule has 0 aliphatic rings. The zero-order valence-corrected chi connectivity index (χ0v) is 24.0. The Labute approximate surface area is 240 Å². The van der Waals surface area contributed by atoms with Gasteiger partial charge in [0.05, 0.1) is 12.0 Å². The molecule has 3 aromatic rings. The molecular formula is C23H25FKN2O4S2. The largest absolute Gasteiger partial charge is 0.386 e. The Balaban J connectivity index is 0.00000385. The molecule has 0 atom stereocenters. The summed E-state index contributed by atoms with van der Waals surface area (Å²) in [6.07, 6.45) is 2.90. The van der Waals surface area contributed by atoms with Gasteiger partial charge in [-0.3, -0.25) is 9.78 Å². The van der Waals surface area contributed by atoms with Crippen LogP contribution < -0.4 is 4.72 Å². The Hall–Kier alpha value is -0.984. The predicted octanol–water partition coefficient (Wildman–Crippen LogP) is 3.97. The minimum Gasteiger partial charge on any atom is -0.386 e. The van der Waals surface area contributed by atoms with Crippen molar-refractivity contribution < 1.29 is 22.7 Å². The fourth-order valence-corrected chi connectivity index (χ4v) is 5.66. The number of nitrogens with zero attached hydrogens (tertiary/aromatic N) is 1. The molecule has 33 heavy (non-hydrogen) atoms. The van der Waals surface area contributed by atoms with E-state index in [-0.39, 0.29) is 67.9 Å². The van der Waals surface area contributed by atoms with Gasteiger partial charge in [-0.2, -0.15) is 0 Å². The third-order valence-electron chi connectivity index (χ3n) is 4.99. The normalized spacial score (nSPS) is 11.8. The summed E-state index contributed by atoms with van der Waals surface area (Å²) in [5, 5.41) is 11.6. The maximum Gasteiger partial charge on any atom is 0.273 e. The summed E-state index contributed by atoms with van der Waals surface area (Å²) in [5.74, 6) is -1.25. The number of aliphatic hydroxyl groups is 1. The molecule has 2 heterocycles. The number of benzene rings is 1. The molecule has 0 spiro atoms. The fraction of sp³-hybridized carbons (Fsp3) is 0.304. The van der Waals surface area contributed by atoms with E-state index in [0.29, 0.717) is 27.8 Å². The van der Waals surface area contributed by atoms with Crippen LogP contribution in [0.4, 0.5) is 4.39 Å². The molecule has 1 radical (unpaired) electrons. The van der Waals surface area contributed by atoms with Gasteiger partial charge in [0.2, 0.25) is 5.91 Å². The van der Waals surface area contributed by atoms with Crippen LogP contribution in [0.25, 0.3) is 11.1 Å². The molecule has 0 bridgehead atoms. The average molecular weight is 516 g/mol. The minimum atomic E-state index is -4.11. The number of halogens is 1. The van der Waals surface area contributed by atoms with Gasteiger partial charge in [-0.1, -0.05) is 13.8 Å². The van der Waals surface area contributed by atoms with Crippen LogP contribution in [0.15, 0.2) is 52.3 Å². The van der Waals surface area contributed by atoms with Gasteiger partial charge in [-0.15, -0.1) is 11.3 Å². The van der Waals surface area contributed by atoms with Gasteiger partial charge in [0.25, 0.3) is 10.0 Å². The first-order valence-corrected chi connectivity index (χ1v) is 12.3. The van der Waals surface area contributed by atoms with Gasteiger partial charge in [0.15, 0.2) is 0 Å².